The van der Waals surface area contributed by atoms with Gasteiger partial charge >= 0.3 is 5.97 Å². The van der Waals surface area contributed by atoms with E-state index in [1.165, 1.54) is 31.5 Å². The number of hydrogen-bond donors (Lipinski definition) is 0. The van der Waals surface area contributed by atoms with Crippen LogP contribution < -0.4 is 0 Å². The van der Waals surface area contributed by atoms with Gasteiger partial charge in [0.05, 0.1) is 19.1 Å². The molecule has 0 saturated carbocycles. The molecule has 5 heteroatoms. The lowest BCUT2D eigenvalue weighted by atomic mass is 9.88. The van der Waals surface area contributed by atoms with Crippen molar-refractivity contribution in [1.82, 2.24) is 0 Å². The zero-order valence-corrected chi connectivity index (χ0v) is 13.5. The van der Waals surface area contributed by atoms with Gasteiger partial charge in [-0.2, -0.15) is 23.5 Å². The summed E-state index contributed by atoms with van der Waals surface area (Å²) in [5, 5.41) is 0.974. The average Bonchev–Trinajstić information content (AvgIpc) is 2.39. The van der Waals surface area contributed by atoms with Crippen molar-refractivity contribution in [3.63, 3.8) is 0 Å². The third kappa shape index (κ3) is 4.57. The van der Waals surface area contributed by atoms with Crippen LogP contribution in [0.5, 0.6) is 0 Å². The first-order valence-electron chi connectivity index (χ1n) is 7.07. The molecule has 0 N–H and O–H groups in total. The van der Waals surface area contributed by atoms with Crippen LogP contribution in [0.4, 0.5) is 0 Å². The van der Waals surface area contributed by atoms with Crippen LogP contribution in [0.15, 0.2) is 0 Å². The fourth-order valence-corrected chi connectivity index (χ4v) is 5.64. The van der Waals surface area contributed by atoms with E-state index in [0.717, 1.165) is 19.4 Å². The van der Waals surface area contributed by atoms with Crippen LogP contribution in [-0.2, 0) is 14.3 Å². The molecule has 2 aliphatic rings. The molecule has 110 valence electrons. The zero-order valence-electron chi connectivity index (χ0n) is 11.9. The highest BCUT2D eigenvalue weighted by molar-refractivity contribution is 8.00. The summed E-state index contributed by atoms with van der Waals surface area (Å²) in [5.41, 5.74) is 0.145. The lowest BCUT2D eigenvalue weighted by molar-refractivity contribution is -0.140. The molecule has 0 bridgehead atoms. The predicted octanol–water partition coefficient (Wildman–Crippen LogP) is 3.12. The molecule has 2 fully saturated rings. The molecular formula is C14H24O3S2. The number of carbonyl (C=O) groups excluding carboxylic acids is 1. The molecule has 3 nitrogen and oxygen atoms in total. The van der Waals surface area contributed by atoms with Gasteiger partial charge in [-0.15, -0.1) is 0 Å². The Balaban J connectivity index is 1.82. The van der Waals surface area contributed by atoms with E-state index in [1.54, 1.807) is 0 Å². The van der Waals surface area contributed by atoms with Crippen LogP contribution in [0.25, 0.3) is 0 Å². The molecule has 2 unspecified atom stereocenters. The van der Waals surface area contributed by atoms with E-state index in [2.05, 4.69) is 6.92 Å². The highest BCUT2D eigenvalue weighted by atomic mass is 32.2. The highest BCUT2D eigenvalue weighted by Gasteiger charge is 2.39. The Hall–Kier alpha value is 0.130. The van der Waals surface area contributed by atoms with Gasteiger partial charge in [0.25, 0.3) is 0 Å². The first kappa shape index (κ1) is 15.5. The molecule has 0 aromatic carbocycles. The number of thioether (sulfide) groups is 2. The minimum Gasteiger partial charge on any atom is -0.469 e. The van der Waals surface area contributed by atoms with Crippen molar-refractivity contribution in [2.75, 3.05) is 25.2 Å². The van der Waals surface area contributed by atoms with E-state index < -0.39 is 0 Å². The third-order valence-corrected chi connectivity index (χ3v) is 6.36. The largest absolute Gasteiger partial charge is 0.469 e. The molecule has 0 radical (unpaired) electrons. The maximum atomic E-state index is 11.3. The Bertz CT molecular complexity index is 298. The van der Waals surface area contributed by atoms with E-state index in [-0.39, 0.29) is 11.6 Å². The summed E-state index contributed by atoms with van der Waals surface area (Å²) >= 11 is 3.99. The Labute approximate surface area is 124 Å². The highest BCUT2D eigenvalue weighted by Crippen LogP contribution is 2.42. The number of rotatable bonds is 4. The summed E-state index contributed by atoms with van der Waals surface area (Å²) < 4.78 is 10.8. The molecule has 2 heterocycles. The molecule has 0 aromatic heterocycles. The van der Waals surface area contributed by atoms with Crippen molar-refractivity contribution >= 4 is 29.5 Å². The summed E-state index contributed by atoms with van der Waals surface area (Å²) in [5.74, 6) is 2.36. The molecule has 2 saturated heterocycles. The summed E-state index contributed by atoms with van der Waals surface area (Å²) in [6.45, 7) is 3.01. The first-order valence-corrected chi connectivity index (χ1v) is 9.17. The van der Waals surface area contributed by atoms with E-state index in [4.69, 9.17) is 9.47 Å². The van der Waals surface area contributed by atoms with Crippen LogP contribution >= 0.6 is 23.5 Å². The van der Waals surface area contributed by atoms with Crippen LogP contribution in [0.1, 0.15) is 39.0 Å². The van der Waals surface area contributed by atoms with Gasteiger partial charge < -0.3 is 9.47 Å². The molecule has 0 aromatic rings. The maximum absolute atomic E-state index is 11.3. The average molecular weight is 304 g/mol. The lowest BCUT2D eigenvalue weighted by Crippen LogP contribution is -2.44. The van der Waals surface area contributed by atoms with Gasteiger partial charge in [0.15, 0.2) is 0 Å². The number of carbonyl (C=O) groups is 1. The SMILES string of the molecule is COC(=O)CC(C)SC1CCOC2(CCSCC2)C1. The normalized spacial score (nSPS) is 28.0. The van der Waals surface area contributed by atoms with Gasteiger partial charge in [-0.05, 0) is 37.2 Å². The van der Waals surface area contributed by atoms with Crippen molar-refractivity contribution in [3.05, 3.63) is 0 Å². The van der Waals surface area contributed by atoms with Crippen LogP contribution in [0.2, 0.25) is 0 Å². The molecule has 2 aliphatic heterocycles. The van der Waals surface area contributed by atoms with E-state index in [9.17, 15) is 4.79 Å². The molecular weight excluding hydrogens is 280 g/mol. The van der Waals surface area contributed by atoms with Crippen molar-refractivity contribution in [3.8, 4) is 0 Å². The smallest absolute Gasteiger partial charge is 0.306 e. The predicted molar refractivity (Wildman–Crippen MR) is 82.0 cm³/mol. The van der Waals surface area contributed by atoms with Gasteiger partial charge in [0.1, 0.15) is 0 Å². The van der Waals surface area contributed by atoms with E-state index in [0.29, 0.717) is 16.9 Å². The zero-order chi connectivity index (χ0) is 13.7. The Morgan fingerprint density at radius 1 is 1.53 bits per heavy atom. The van der Waals surface area contributed by atoms with Crippen molar-refractivity contribution in [2.24, 2.45) is 0 Å². The Morgan fingerprint density at radius 3 is 2.95 bits per heavy atom. The molecule has 2 atom stereocenters. The minimum absolute atomic E-state index is 0.101. The van der Waals surface area contributed by atoms with Crippen molar-refractivity contribution < 1.29 is 14.3 Å². The number of methoxy groups -OCH3 is 1. The molecule has 0 aliphatic carbocycles. The second-order valence-electron chi connectivity index (χ2n) is 5.49. The fourth-order valence-electron chi connectivity index (χ4n) is 2.89. The van der Waals surface area contributed by atoms with E-state index in [1.807, 2.05) is 23.5 Å². The van der Waals surface area contributed by atoms with E-state index >= 15 is 0 Å². The molecule has 2 rings (SSSR count). The van der Waals surface area contributed by atoms with Gasteiger partial charge in [-0.25, -0.2) is 0 Å². The number of ether oxygens (including phenoxy) is 2. The number of hydrogen-bond acceptors (Lipinski definition) is 5. The molecule has 1 spiro atoms. The lowest BCUT2D eigenvalue weighted by Gasteiger charge is -2.43. The topological polar surface area (TPSA) is 35.5 Å². The minimum atomic E-state index is -0.101. The summed E-state index contributed by atoms with van der Waals surface area (Å²) in [7, 11) is 1.46. The standard InChI is InChI=1S/C14H24O3S2/c1-11(9-13(15)16-2)19-12-3-6-17-14(10-12)4-7-18-8-5-14/h11-12H,3-10H2,1-2H3. The molecule has 0 amide bonds. The summed E-state index contributed by atoms with van der Waals surface area (Å²) in [6, 6.07) is 0. The van der Waals surface area contributed by atoms with Gasteiger partial charge in [0.2, 0.25) is 0 Å². The number of esters is 1. The van der Waals surface area contributed by atoms with Crippen molar-refractivity contribution in [1.29, 1.82) is 0 Å². The van der Waals surface area contributed by atoms with Gasteiger partial charge in [0, 0.05) is 17.1 Å². The van der Waals surface area contributed by atoms with Crippen LogP contribution in [0, 0.1) is 0 Å². The van der Waals surface area contributed by atoms with Gasteiger partial charge in [-0.1, -0.05) is 6.92 Å². The second kappa shape index (κ2) is 7.23. The second-order valence-corrected chi connectivity index (χ2v) is 8.45. The fraction of sp³-hybridized carbons (Fsp3) is 0.929. The third-order valence-electron chi connectivity index (χ3n) is 3.96. The quantitative estimate of drug-likeness (QED) is 0.746. The maximum Gasteiger partial charge on any atom is 0.306 e. The van der Waals surface area contributed by atoms with Gasteiger partial charge in [-0.3, -0.25) is 4.79 Å². The summed E-state index contributed by atoms with van der Waals surface area (Å²) in [4.78, 5) is 11.3. The monoisotopic (exact) mass is 304 g/mol. The van der Waals surface area contributed by atoms with Crippen LogP contribution in [0.3, 0.4) is 0 Å². The first-order chi connectivity index (χ1) is 9.13. The van der Waals surface area contributed by atoms with Crippen molar-refractivity contribution in [2.45, 2.75) is 55.1 Å². The molecule has 19 heavy (non-hydrogen) atoms. The Kier molecular flexibility index (Phi) is 5.90. The van der Waals surface area contributed by atoms with Crippen LogP contribution in [-0.4, -0.2) is 47.3 Å². The summed E-state index contributed by atoms with van der Waals surface area (Å²) in [6.07, 6.45) is 5.18. The Morgan fingerprint density at radius 2 is 2.26 bits per heavy atom.